The minimum atomic E-state index is -4.47. The predicted molar refractivity (Wildman–Crippen MR) is 146 cm³/mol. The van der Waals surface area contributed by atoms with Crippen LogP contribution in [0.15, 0.2) is 42.5 Å². The van der Waals surface area contributed by atoms with Gasteiger partial charge in [-0.05, 0) is 93.3 Å². The van der Waals surface area contributed by atoms with Gasteiger partial charge in [-0.15, -0.1) is 0 Å². The maximum Gasteiger partial charge on any atom is 0.416 e. The van der Waals surface area contributed by atoms with Gasteiger partial charge >= 0.3 is 6.18 Å². The van der Waals surface area contributed by atoms with E-state index in [0.29, 0.717) is 43.9 Å². The molecule has 2 aromatic rings. The first kappa shape index (κ1) is 26.8. The van der Waals surface area contributed by atoms with Gasteiger partial charge in [0, 0.05) is 30.8 Å². The van der Waals surface area contributed by atoms with E-state index in [1.54, 1.807) is 11.0 Å². The number of halogens is 3. The van der Waals surface area contributed by atoms with Crippen molar-refractivity contribution in [3.63, 3.8) is 0 Å². The highest BCUT2D eigenvalue weighted by molar-refractivity contribution is 5.92. The molecule has 2 heterocycles. The highest BCUT2D eigenvalue weighted by Gasteiger charge is 2.73. The van der Waals surface area contributed by atoms with Crippen LogP contribution in [0.3, 0.4) is 0 Å². The topological polar surface area (TPSA) is 73.2 Å². The summed E-state index contributed by atoms with van der Waals surface area (Å²) in [6.45, 7) is 4.05. The fraction of sp³-hybridized carbons (Fsp3) is 0.531. The molecular formula is C32H35F3N2O4. The third kappa shape index (κ3) is 3.95. The second-order valence-corrected chi connectivity index (χ2v) is 12.5. The van der Waals surface area contributed by atoms with Crippen LogP contribution >= 0.6 is 0 Å². The van der Waals surface area contributed by atoms with Crippen LogP contribution in [-0.2, 0) is 22.8 Å². The zero-order valence-electron chi connectivity index (χ0n) is 23.0. The number of benzene rings is 2. The standard InChI is InChI=1S/C32H35F3N2O4/c1-2-37(26(39)11-8-19-4-3-5-22(16-19)32(33,34)35)23-12-13-31(40)25-17-21-9-10-24(38)28-27(21)30(31,29(23)41-28)14-15-36(25)18-20-6-7-20/h3-5,8-11,16,20,23,25,29,38,40H,2,6-7,12-15,17-18H2,1H3/b11-8+/t23?,25-,29?,30-,31?/m0/s1. The molecule has 2 saturated carbocycles. The second-order valence-electron chi connectivity index (χ2n) is 12.5. The number of rotatable bonds is 6. The quantitative estimate of drug-likeness (QED) is 0.485. The Hall–Kier alpha value is -3.04. The van der Waals surface area contributed by atoms with Crippen molar-refractivity contribution in [2.24, 2.45) is 5.92 Å². The maximum absolute atomic E-state index is 13.6. The lowest BCUT2D eigenvalue weighted by molar-refractivity contribution is -0.201. The number of nitrogens with zero attached hydrogens (tertiary/aromatic N) is 2. The number of hydrogen-bond donors (Lipinski definition) is 2. The van der Waals surface area contributed by atoms with Gasteiger partial charge in [0.1, 0.15) is 6.10 Å². The molecule has 3 aliphatic carbocycles. The summed E-state index contributed by atoms with van der Waals surface area (Å²) >= 11 is 0. The van der Waals surface area contributed by atoms with E-state index in [4.69, 9.17) is 4.74 Å². The molecule has 218 valence electrons. The molecule has 3 fully saturated rings. The van der Waals surface area contributed by atoms with Crippen molar-refractivity contribution >= 4 is 12.0 Å². The Morgan fingerprint density at radius 1 is 1.20 bits per heavy atom. The van der Waals surface area contributed by atoms with E-state index >= 15 is 0 Å². The highest BCUT2D eigenvalue weighted by Crippen LogP contribution is 2.66. The minimum absolute atomic E-state index is 0.0475. The Kier molecular flexibility index (Phi) is 6.04. The first-order chi connectivity index (χ1) is 19.6. The number of aromatic hydroxyl groups is 1. The maximum atomic E-state index is 13.6. The number of piperidine rings is 1. The normalized spacial score (nSPS) is 32.1. The molecule has 2 aliphatic heterocycles. The minimum Gasteiger partial charge on any atom is -0.504 e. The summed E-state index contributed by atoms with van der Waals surface area (Å²) in [5.41, 5.74) is -0.282. The number of ether oxygens (including phenoxy) is 1. The number of aliphatic hydroxyl groups is 1. The van der Waals surface area contributed by atoms with Gasteiger partial charge in [-0.1, -0.05) is 18.2 Å². The summed E-state index contributed by atoms with van der Waals surface area (Å²) < 4.78 is 46.2. The van der Waals surface area contributed by atoms with Crippen molar-refractivity contribution in [3.8, 4) is 11.5 Å². The van der Waals surface area contributed by atoms with Crippen LogP contribution in [0.25, 0.3) is 6.08 Å². The van der Waals surface area contributed by atoms with Crippen molar-refractivity contribution < 1.29 is 32.9 Å². The third-order valence-electron chi connectivity index (χ3n) is 10.4. The summed E-state index contributed by atoms with van der Waals surface area (Å²) in [7, 11) is 0. The van der Waals surface area contributed by atoms with Crippen LogP contribution in [0.2, 0.25) is 0 Å². The zero-order valence-corrected chi connectivity index (χ0v) is 23.0. The molecule has 1 spiro atoms. The summed E-state index contributed by atoms with van der Waals surface area (Å²) in [4.78, 5) is 17.8. The van der Waals surface area contributed by atoms with E-state index in [-0.39, 0.29) is 29.3 Å². The van der Waals surface area contributed by atoms with E-state index in [9.17, 15) is 28.2 Å². The van der Waals surface area contributed by atoms with E-state index in [1.165, 1.54) is 37.1 Å². The Morgan fingerprint density at radius 2 is 2.00 bits per heavy atom. The van der Waals surface area contributed by atoms with Crippen molar-refractivity contribution in [2.75, 3.05) is 19.6 Å². The fourth-order valence-electron chi connectivity index (χ4n) is 8.41. The highest BCUT2D eigenvalue weighted by atomic mass is 19.4. The average Bonchev–Trinajstić information content (AvgIpc) is 3.68. The molecule has 5 atom stereocenters. The Balaban J connectivity index is 1.23. The van der Waals surface area contributed by atoms with Gasteiger partial charge in [0.15, 0.2) is 11.5 Å². The molecule has 1 saturated heterocycles. The molecular weight excluding hydrogens is 533 g/mol. The Morgan fingerprint density at radius 3 is 2.73 bits per heavy atom. The van der Waals surface area contributed by atoms with Gasteiger partial charge in [0.2, 0.25) is 5.91 Å². The number of alkyl halides is 3. The van der Waals surface area contributed by atoms with Crippen molar-refractivity contribution in [3.05, 3.63) is 64.7 Å². The number of phenols is 1. The van der Waals surface area contributed by atoms with Crippen LogP contribution in [0.5, 0.6) is 11.5 Å². The number of hydrogen-bond acceptors (Lipinski definition) is 5. The molecule has 2 bridgehead atoms. The number of phenolic OH excluding ortho intramolecular Hbond substituents is 1. The van der Waals surface area contributed by atoms with E-state index < -0.39 is 28.9 Å². The van der Waals surface area contributed by atoms with Gasteiger partial charge in [-0.2, -0.15) is 13.2 Å². The lowest BCUT2D eigenvalue weighted by atomic mass is 9.48. The summed E-state index contributed by atoms with van der Waals surface area (Å²) in [6.07, 6.45) is 2.59. The summed E-state index contributed by atoms with van der Waals surface area (Å²) in [6, 6.07) is 8.10. The molecule has 41 heavy (non-hydrogen) atoms. The van der Waals surface area contributed by atoms with E-state index in [0.717, 1.165) is 36.3 Å². The Labute approximate surface area is 237 Å². The molecule has 1 amide bonds. The van der Waals surface area contributed by atoms with Crippen molar-refractivity contribution in [1.82, 2.24) is 9.80 Å². The lowest BCUT2D eigenvalue weighted by Crippen LogP contribution is -2.78. The molecule has 5 aliphatic rings. The van der Waals surface area contributed by atoms with Gasteiger partial charge in [-0.25, -0.2) is 0 Å². The monoisotopic (exact) mass is 568 g/mol. The van der Waals surface area contributed by atoms with Crippen LogP contribution in [-0.4, -0.2) is 69.3 Å². The SMILES string of the molecule is CCN(C(=O)/C=C/c1cccc(C(F)(F)F)c1)C1CCC2(O)[C@@H]3Cc4ccc(O)c5c4[C@@]2(CCN3CC2CC2)C1O5. The van der Waals surface area contributed by atoms with E-state index in [1.807, 2.05) is 13.0 Å². The van der Waals surface area contributed by atoms with Crippen LogP contribution < -0.4 is 4.74 Å². The lowest BCUT2D eigenvalue weighted by Gasteiger charge is -2.64. The Bertz CT molecular complexity index is 1420. The third-order valence-corrected chi connectivity index (χ3v) is 10.4. The van der Waals surface area contributed by atoms with Crippen molar-refractivity contribution in [1.29, 1.82) is 0 Å². The van der Waals surface area contributed by atoms with Gasteiger partial charge in [0.25, 0.3) is 0 Å². The molecule has 2 aromatic carbocycles. The number of amides is 1. The molecule has 3 unspecified atom stereocenters. The molecule has 0 radical (unpaired) electrons. The largest absolute Gasteiger partial charge is 0.504 e. The first-order valence-electron chi connectivity index (χ1n) is 14.7. The molecule has 0 aromatic heterocycles. The van der Waals surface area contributed by atoms with Crippen LogP contribution in [0.1, 0.15) is 61.3 Å². The van der Waals surface area contributed by atoms with E-state index in [2.05, 4.69) is 4.90 Å². The van der Waals surface area contributed by atoms with Gasteiger partial charge in [-0.3, -0.25) is 9.69 Å². The molecule has 6 nitrogen and oxygen atoms in total. The second kappa shape index (κ2) is 9.23. The molecule has 9 heteroatoms. The predicted octanol–water partition coefficient (Wildman–Crippen LogP) is 4.91. The number of carbonyl (C=O) groups excluding carboxylic acids is 1. The first-order valence-corrected chi connectivity index (χ1v) is 14.7. The number of likely N-dealkylation sites (N-methyl/N-ethyl adjacent to an activating group) is 1. The molecule has 2 N–H and O–H groups in total. The van der Waals surface area contributed by atoms with Crippen LogP contribution in [0, 0.1) is 5.92 Å². The van der Waals surface area contributed by atoms with Gasteiger partial charge < -0.3 is 19.8 Å². The molecule has 7 rings (SSSR count). The number of carbonyl (C=O) groups is 1. The number of likely N-dealkylation sites (tertiary alicyclic amines) is 1. The zero-order chi connectivity index (χ0) is 28.7. The summed E-state index contributed by atoms with van der Waals surface area (Å²) in [5, 5.41) is 23.5. The smallest absolute Gasteiger partial charge is 0.416 e. The van der Waals surface area contributed by atoms with Crippen molar-refractivity contribution in [2.45, 2.75) is 80.8 Å². The van der Waals surface area contributed by atoms with Crippen LogP contribution in [0.4, 0.5) is 13.2 Å². The van der Waals surface area contributed by atoms with Gasteiger partial charge in [0.05, 0.1) is 22.6 Å². The fourth-order valence-corrected chi connectivity index (χ4v) is 8.41. The summed E-state index contributed by atoms with van der Waals surface area (Å²) in [5.74, 6) is 0.841. The average molecular weight is 569 g/mol.